The molecular weight excluding hydrogens is 362 g/mol. The molecule has 1 fully saturated rings. The van der Waals surface area contributed by atoms with Crippen molar-refractivity contribution in [1.82, 2.24) is 9.88 Å². The van der Waals surface area contributed by atoms with Crippen molar-refractivity contribution in [3.8, 4) is 11.3 Å². The number of amides is 2. The molecule has 0 bridgehead atoms. The van der Waals surface area contributed by atoms with E-state index in [1.807, 2.05) is 36.6 Å². The summed E-state index contributed by atoms with van der Waals surface area (Å²) in [7, 11) is 0. The lowest BCUT2D eigenvalue weighted by molar-refractivity contribution is -0.119. The van der Waals surface area contributed by atoms with Gasteiger partial charge in [-0.2, -0.15) is 0 Å². The summed E-state index contributed by atoms with van der Waals surface area (Å²) in [5.41, 5.74) is 2.64. The Morgan fingerprint density at radius 3 is 2.74 bits per heavy atom. The molecule has 3 heterocycles. The van der Waals surface area contributed by atoms with Gasteiger partial charge in [-0.3, -0.25) is 9.59 Å². The minimum Gasteiger partial charge on any atom is -0.459 e. The Labute approximate surface area is 160 Å². The Morgan fingerprint density at radius 1 is 1.26 bits per heavy atom. The van der Waals surface area contributed by atoms with Crippen molar-refractivity contribution in [2.45, 2.75) is 25.8 Å². The largest absolute Gasteiger partial charge is 0.459 e. The van der Waals surface area contributed by atoms with Crippen LogP contribution in [0.25, 0.3) is 11.3 Å². The van der Waals surface area contributed by atoms with Crippen LogP contribution in [0.5, 0.6) is 0 Å². The van der Waals surface area contributed by atoms with E-state index in [0.717, 1.165) is 22.7 Å². The molecule has 1 aliphatic heterocycles. The first kappa shape index (κ1) is 17.5. The molecule has 1 aliphatic rings. The fourth-order valence-corrected chi connectivity index (χ4v) is 3.89. The second-order valence-electron chi connectivity index (χ2n) is 6.45. The zero-order valence-corrected chi connectivity index (χ0v) is 15.7. The van der Waals surface area contributed by atoms with Crippen LogP contribution in [0.3, 0.4) is 0 Å². The third kappa shape index (κ3) is 3.64. The van der Waals surface area contributed by atoms with Crippen LogP contribution in [0.2, 0.25) is 0 Å². The fraction of sp³-hybridized carbons (Fsp3) is 0.250. The number of aryl methyl sites for hydroxylation is 1. The van der Waals surface area contributed by atoms with E-state index in [9.17, 15) is 9.59 Å². The lowest BCUT2D eigenvalue weighted by atomic mass is 10.1. The summed E-state index contributed by atoms with van der Waals surface area (Å²) in [6.07, 6.45) is 2.91. The normalized spacial score (nSPS) is 16.5. The second-order valence-corrected chi connectivity index (χ2v) is 7.51. The van der Waals surface area contributed by atoms with Crippen LogP contribution in [0.1, 0.15) is 28.4 Å². The van der Waals surface area contributed by atoms with Gasteiger partial charge in [0.05, 0.1) is 17.0 Å². The maximum Gasteiger partial charge on any atom is 0.290 e. The number of nitrogens with zero attached hydrogens (tertiary/aromatic N) is 2. The van der Waals surface area contributed by atoms with Gasteiger partial charge in [-0.25, -0.2) is 4.98 Å². The Hall–Kier alpha value is -2.93. The Morgan fingerprint density at radius 2 is 2.07 bits per heavy atom. The highest BCUT2D eigenvalue weighted by molar-refractivity contribution is 7.09. The van der Waals surface area contributed by atoms with Crippen LogP contribution in [0.4, 0.5) is 5.69 Å². The molecule has 3 aromatic rings. The van der Waals surface area contributed by atoms with E-state index in [-0.39, 0.29) is 17.6 Å². The topological polar surface area (TPSA) is 75.4 Å². The second kappa shape index (κ2) is 7.36. The van der Waals surface area contributed by atoms with E-state index in [4.69, 9.17) is 4.42 Å². The number of anilines is 1. The number of benzene rings is 1. The molecule has 7 heteroatoms. The highest BCUT2D eigenvalue weighted by Crippen LogP contribution is 2.25. The number of hydrogen-bond donors (Lipinski definition) is 1. The van der Waals surface area contributed by atoms with Crippen molar-refractivity contribution in [3.63, 3.8) is 0 Å². The van der Waals surface area contributed by atoms with Gasteiger partial charge in [0.1, 0.15) is 6.04 Å². The molecule has 0 spiro atoms. The summed E-state index contributed by atoms with van der Waals surface area (Å²) in [5, 5.41) is 5.95. The third-order valence-electron chi connectivity index (χ3n) is 4.62. The van der Waals surface area contributed by atoms with Crippen molar-refractivity contribution in [3.05, 3.63) is 58.8 Å². The summed E-state index contributed by atoms with van der Waals surface area (Å²) in [4.78, 5) is 31.3. The van der Waals surface area contributed by atoms with Gasteiger partial charge in [-0.1, -0.05) is 12.1 Å². The van der Waals surface area contributed by atoms with Gasteiger partial charge < -0.3 is 14.6 Å². The molecule has 138 valence electrons. The van der Waals surface area contributed by atoms with Crippen LogP contribution >= 0.6 is 11.3 Å². The van der Waals surface area contributed by atoms with Crippen LogP contribution in [-0.2, 0) is 4.79 Å². The summed E-state index contributed by atoms with van der Waals surface area (Å²) < 4.78 is 5.18. The molecular formula is C20H19N3O3S. The van der Waals surface area contributed by atoms with Crippen LogP contribution < -0.4 is 5.32 Å². The van der Waals surface area contributed by atoms with Gasteiger partial charge in [0.15, 0.2) is 5.76 Å². The zero-order valence-electron chi connectivity index (χ0n) is 14.8. The molecule has 2 aromatic heterocycles. The van der Waals surface area contributed by atoms with Gasteiger partial charge in [-0.15, -0.1) is 11.3 Å². The predicted octanol–water partition coefficient (Wildman–Crippen LogP) is 3.95. The average Bonchev–Trinajstić information content (AvgIpc) is 3.43. The first-order valence-corrected chi connectivity index (χ1v) is 9.68. The quantitative estimate of drug-likeness (QED) is 0.742. The molecule has 6 nitrogen and oxygen atoms in total. The van der Waals surface area contributed by atoms with E-state index >= 15 is 0 Å². The van der Waals surface area contributed by atoms with Crippen molar-refractivity contribution < 1.29 is 14.0 Å². The van der Waals surface area contributed by atoms with Crippen LogP contribution in [-0.4, -0.2) is 34.3 Å². The molecule has 0 radical (unpaired) electrons. The Balaban J connectivity index is 1.44. The van der Waals surface area contributed by atoms with E-state index in [2.05, 4.69) is 10.3 Å². The first-order valence-electron chi connectivity index (χ1n) is 8.80. The minimum absolute atomic E-state index is 0.176. The smallest absolute Gasteiger partial charge is 0.290 e. The first-order chi connectivity index (χ1) is 13.1. The Kier molecular flexibility index (Phi) is 4.77. The maximum atomic E-state index is 12.7. The molecule has 0 unspecified atom stereocenters. The number of nitrogens with one attached hydrogen (secondary N) is 1. The molecule has 0 saturated carbocycles. The predicted molar refractivity (Wildman–Crippen MR) is 104 cm³/mol. The number of rotatable bonds is 4. The van der Waals surface area contributed by atoms with E-state index < -0.39 is 6.04 Å². The summed E-state index contributed by atoms with van der Waals surface area (Å²) >= 11 is 1.61. The molecule has 1 N–H and O–H groups in total. The number of hydrogen-bond acceptors (Lipinski definition) is 5. The molecule has 1 aromatic carbocycles. The monoisotopic (exact) mass is 381 g/mol. The summed E-state index contributed by atoms with van der Waals surface area (Å²) in [6.45, 7) is 2.53. The average molecular weight is 381 g/mol. The third-order valence-corrected chi connectivity index (χ3v) is 5.39. The van der Waals surface area contributed by atoms with Gasteiger partial charge in [0, 0.05) is 23.2 Å². The molecule has 2 amide bonds. The SMILES string of the molecule is Cc1nc(-c2ccc(NC(=O)[C@@H]3CCCN3C(=O)c3ccco3)cc2)cs1. The highest BCUT2D eigenvalue weighted by atomic mass is 32.1. The number of furan rings is 1. The summed E-state index contributed by atoms with van der Waals surface area (Å²) in [5.74, 6) is -0.158. The van der Waals surface area contributed by atoms with Crippen molar-refractivity contribution in [1.29, 1.82) is 0 Å². The molecule has 1 atom stereocenters. The highest BCUT2D eigenvalue weighted by Gasteiger charge is 2.35. The minimum atomic E-state index is -0.483. The number of carbonyl (C=O) groups excluding carboxylic acids is 2. The van der Waals surface area contributed by atoms with Crippen molar-refractivity contribution in [2.24, 2.45) is 0 Å². The van der Waals surface area contributed by atoms with Gasteiger partial charge in [0.2, 0.25) is 5.91 Å². The van der Waals surface area contributed by atoms with Crippen molar-refractivity contribution in [2.75, 3.05) is 11.9 Å². The van der Waals surface area contributed by atoms with Gasteiger partial charge >= 0.3 is 0 Å². The number of thiazole rings is 1. The summed E-state index contributed by atoms with van der Waals surface area (Å²) in [6, 6.07) is 10.4. The van der Waals surface area contributed by atoms with Crippen LogP contribution in [0.15, 0.2) is 52.5 Å². The molecule has 0 aliphatic carbocycles. The number of carbonyl (C=O) groups is 2. The zero-order chi connectivity index (χ0) is 18.8. The van der Waals surface area contributed by atoms with Crippen LogP contribution in [0, 0.1) is 6.92 Å². The van der Waals surface area contributed by atoms with E-state index in [1.54, 1.807) is 28.4 Å². The lowest BCUT2D eigenvalue weighted by Gasteiger charge is -2.23. The number of aromatic nitrogens is 1. The molecule has 27 heavy (non-hydrogen) atoms. The van der Waals surface area contributed by atoms with E-state index in [1.165, 1.54) is 6.26 Å². The fourth-order valence-electron chi connectivity index (χ4n) is 3.27. The van der Waals surface area contributed by atoms with Gasteiger partial charge in [-0.05, 0) is 44.0 Å². The molecule has 1 saturated heterocycles. The lowest BCUT2D eigenvalue weighted by Crippen LogP contribution is -2.43. The Bertz CT molecular complexity index is 947. The standard InChI is InChI=1S/C20H19N3O3S/c1-13-21-16(12-27-13)14-6-8-15(9-7-14)22-19(24)17-4-2-10-23(17)20(25)18-5-3-11-26-18/h3,5-9,11-12,17H,2,4,10H2,1H3,(H,22,24)/t17-/m0/s1. The van der Waals surface area contributed by atoms with Gasteiger partial charge in [0.25, 0.3) is 5.91 Å². The van der Waals surface area contributed by atoms with E-state index in [0.29, 0.717) is 18.7 Å². The number of likely N-dealkylation sites (tertiary alicyclic amines) is 1. The van der Waals surface area contributed by atoms with Crippen molar-refractivity contribution >= 4 is 28.8 Å². The molecule has 4 rings (SSSR count). The maximum absolute atomic E-state index is 12.7.